The quantitative estimate of drug-likeness (QED) is 0.802. The third-order valence-electron chi connectivity index (χ3n) is 2.65. The Morgan fingerprint density at radius 1 is 1.43 bits per heavy atom. The van der Waals surface area contributed by atoms with Crippen molar-refractivity contribution in [1.29, 1.82) is 0 Å². The maximum atomic E-state index is 12.2. The minimum absolute atomic E-state index is 0.139. The number of thiazole rings is 1. The monoisotopic (exact) mass is 329 g/mol. The molecule has 21 heavy (non-hydrogen) atoms. The van der Waals surface area contributed by atoms with Crippen molar-refractivity contribution in [2.75, 3.05) is 11.3 Å². The first-order valence-electron chi connectivity index (χ1n) is 6.57. The van der Waals surface area contributed by atoms with Crippen molar-refractivity contribution in [2.45, 2.75) is 38.3 Å². The highest BCUT2D eigenvalue weighted by molar-refractivity contribution is 7.93. The molecule has 2 aromatic heterocycles. The topological polar surface area (TPSA) is 88.9 Å². The second kappa shape index (κ2) is 6.54. The summed E-state index contributed by atoms with van der Waals surface area (Å²) in [7, 11) is -3.63. The van der Waals surface area contributed by atoms with Crippen LogP contribution in [0.1, 0.15) is 19.5 Å². The lowest BCUT2D eigenvalue weighted by molar-refractivity contribution is 0.515. The molecule has 0 saturated heterocycles. The van der Waals surface area contributed by atoms with Gasteiger partial charge in [0, 0.05) is 24.2 Å². The summed E-state index contributed by atoms with van der Waals surface area (Å²) in [6.07, 6.45) is 2.86. The van der Waals surface area contributed by atoms with E-state index in [-0.39, 0.29) is 4.90 Å². The number of rotatable bonds is 7. The highest BCUT2D eigenvalue weighted by atomic mass is 32.2. The van der Waals surface area contributed by atoms with Crippen LogP contribution in [0, 0.1) is 6.92 Å². The predicted molar refractivity (Wildman–Crippen MR) is 83.0 cm³/mol. The average Bonchev–Trinajstić information content (AvgIpc) is 2.98. The molecule has 9 heteroatoms. The SMILES string of the molecule is Cc1csc(NS(=O)(=O)c2cnn(CCNC(C)C)c2)n1. The van der Waals surface area contributed by atoms with Crippen LogP contribution in [0.25, 0.3) is 0 Å². The third-order valence-corrected chi connectivity index (χ3v) is 4.95. The maximum Gasteiger partial charge on any atom is 0.266 e. The number of nitrogens with one attached hydrogen (secondary N) is 2. The van der Waals surface area contributed by atoms with Crippen molar-refractivity contribution >= 4 is 26.5 Å². The summed E-state index contributed by atoms with van der Waals surface area (Å²) < 4.78 is 28.4. The molecule has 7 nitrogen and oxygen atoms in total. The molecule has 0 spiro atoms. The van der Waals surface area contributed by atoms with E-state index in [0.717, 1.165) is 12.2 Å². The summed E-state index contributed by atoms with van der Waals surface area (Å²) in [6, 6.07) is 0.388. The van der Waals surface area contributed by atoms with Crippen molar-refractivity contribution in [2.24, 2.45) is 0 Å². The molecule has 0 fully saturated rings. The van der Waals surface area contributed by atoms with E-state index in [1.807, 2.05) is 6.92 Å². The van der Waals surface area contributed by atoms with Gasteiger partial charge in [0.2, 0.25) is 0 Å². The fourth-order valence-electron chi connectivity index (χ4n) is 1.65. The Bertz CT molecular complexity index is 690. The summed E-state index contributed by atoms with van der Waals surface area (Å²) in [5.41, 5.74) is 0.785. The summed E-state index contributed by atoms with van der Waals surface area (Å²) in [5, 5.41) is 9.47. The van der Waals surface area contributed by atoms with Gasteiger partial charge in [-0.3, -0.25) is 9.40 Å². The lowest BCUT2D eigenvalue weighted by atomic mass is 10.4. The van der Waals surface area contributed by atoms with E-state index in [1.54, 1.807) is 10.1 Å². The van der Waals surface area contributed by atoms with Crippen molar-refractivity contribution in [3.8, 4) is 0 Å². The first-order valence-corrected chi connectivity index (χ1v) is 8.94. The third kappa shape index (κ3) is 4.51. The van der Waals surface area contributed by atoms with E-state index in [9.17, 15) is 8.42 Å². The molecule has 0 aromatic carbocycles. The second-order valence-electron chi connectivity index (χ2n) is 4.95. The van der Waals surface area contributed by atoms with Gasteiger partial charge in [-0.1, -0.05) is 13.8 Å². The minimum atomic E-state index is -3.63. The van der Waals surface area contributed by atoms with Crippen LogP contribution >= 0.6 is 11.3 Å². The Hall–Kier alpha value is -1.45. The normalized spacial score (nSPS) is 12.0. The van der Waals surface area contributed by atoms with Crippen LogP contribution in [-0.4, -0.2) is 35.8 Å². The highest BCUT2D eigenvalue weighted by Crippen LogP contribution is 2.19. The predicted octanol–water partition coefficient (Wildman–Crippen LogP) is 1.45. The standard InChI is InChI=1S/C12H19N5O2S2/c1-9(2)13-4-5-17-7-11(6-14-17)21(18,19)16-12-15-10(3)8-20-12/h6-9,13H,4-5H2,1-3H3,(H,15,16). The van der Waals surface area contributed by atoms with Crippen LogP contribution in [0.15, 0.2) is 22.7 Å². The van der Waals surface area contributed by atoms with Crippen LogP contribution in [0.3, 0.4) is 0 Å². The molecule has 2 heterocycles. The molecule has 2 aromatic rings. The van der Waals surface area contributed by atoms with Crippen LogP contribution in [0.5, 0.6) is 0 Å². The Morgan fingerprint density at radius 2 is 2.19 bits per heavy atom. The zero-order chi connectivity index (χ0) is 15.5. The molecule has 2 rings (SSSR count). The zero-order valence-electron chi connectivity index (χ0n) is 12.2. The minimum Gasteiger partial charge on any atom is -0.313 e. The first-order chi connectivity index (χ1) is 9.87. The van der Waals surface area contributed by atoms with Gasteiger partial charge in [-0.2, -0.15) is 5.10 Å². The van der Waals surface area contributed by atoms with Gasteiger partial charge in [-0.15, -0.1) is 11.3 Å². The number of nitrogens with zero attached hydrogens (tertiary/aromatic N) is 3. The Labute approximate surface area is 128 Å². The van der Waals surface area contributed by atoms with E-state index in [1.165, 1.54) is 23.7 Å². The molecule has 0 bridgehead atoms. The number of hydrogen-bond acceptors (Lipinski definition) is 6. The van der Waals surface area contributed by atoms with Gasteiger partial charge in [0.1, 0.15) is 4.90 Å². The maximum absolute atomic E-state index is 12.2. The van der Waals surface area contributed by atoms with Crippen LogP contribution in [0.2, 0.25) is 0 Å². The van der Waals surface area contributed by atoms with E-state index < -0.39 is 10.0 Å². The van der Waals surface area contributed by atoms with Gasteiger partial charge in [0.25, 0.3) is 10.0 Å². The van der Waals surface area contributed by atoms with Crippen LogP contribution < -0.4 is 10.0 Å². The number of aromatic nitrogens is 3. The van der Waals surface area contributed by atoms with E-state index >= 15 is 0 Å². The number of anilines is 1. The van der Waals surface area contributed by atoms with Crippen molar-refractivity contribution in [3.05, 3.63) is 23.5 Å². The lowest BCUT2D eigenvalue weighted by Gasteiger charge is -2.07. The molecule has 0 aliphatic heterocycles. The van der Waals surface area contributed by atoms with E-state index in [4.69, 9.17) is 0 Å². The van der Waals surface area contributed by atoms with Crippen molar-refractivity contribution < 1.29 is 8.42 Å². The summed E-state index contributed by atoms with van der Waals surface area (Å²) in [5.74, 6) is 0. The van der Waals surface area contributed by atoms with Crippen molar-refractivity contribution in [3.63, 3.8) is 0 Å². The Balaban J connectivity index is 2.02. The molecule has 0 aliphatic rings. The zero-order valence-corrected chi connectivity index (χ0v) is 13.8. The van der Waals surface area contributed by atoms with E-state index in [0.29, 0.717) is 17.7 Å². The molecular formula is C12H19N5O2S2. The molecule has 0 radical (unpaired) electrons. The first kappa shape index (κ1) is 15.9. The fraction of sp³-hybridized carbons (Fsp3) is 0.500. The highest BCUT2D eigenvalue weighted by Gasteiger charge is 2.18. The van der Waals surface area contributed by atoms with Gasteiger partial charge < -0.3 is 5.32 Å². The molecule has 2 N–H and O–H groups in total. The number of sulfonamides is 1. The summed E-state index contributed by atoms with van der Waals surface area (Å²) >= 11 is 1.26. The molecule has 116 valence electrons. The fourth-order valence-corrected chi connectivity index (χ4v) is 3.54. The van der Waals surface area contributed by atoms with Gasteiger partial charge in [-0.05, 0) is 6.92 Å². The molecular weight excluding hydrogens is 310 g/mol. The largest absolute Gasteiger partial charge is 0.313 e. The smallest absolute Gasteiger partial charge is 0.266 e. The summed E-state index contributed by atoms with van der Waals surface area (Å²) in [4.78, 5) is 4.23. The van der Waals surface area contributed by atoms with Gasteiger partial charge in [0.05, 0.1) is 18.4 Å². The number of hydrogen-bond donors (Lipinski definition) is 2. The second-order valence-corrected chi connectivity index (χ2v) is 7.49. The van der Waals surface area contributed by atoms with Gasteiger partial charge in [0.15, 0.2) is 5.13 Å². The number of aryl methyl sites for hydroxylation is 1. The average molecular weight is 329 g/mol. The Kier molecular flexibility index (Phi) is 4.96. The molecule has 0 atom stereocenters. The Morgan fingerprint density at radius 3 is 2.81 bits per heavy atom. The molecule has 0 aliphatic carbocycles. The molecule has 0 unspecified atom stereocenters. The van der Waals surface area contributed by atoms with E-state index in [2.05, 4.69) is 34.0 Å². The molecule has 0 amide bonds. The van der Waals surface area contributed by atoms with Crippen LogP contribution in [-0.2, 0) is 16.6 Å². The van der Waals surface area contributed by atoms with Gasteiger partial charge >= 0.3 is 0 Å². The van der Waals surface area contributed by atoms with Gasteiger partial charge in [-0.25, -0.2) is 13.4 Å². The molecule has 0 saturated carbocycles. The summed E-state index contributed by atoms with van der Waals surface area (Å²) in [6.45, 7) is 7.27. The van der Waals surface area contributed by atoms with Crippen molar-refractivity contribution in [1.82, 2.24) is 20.1 Å². The lowest BCUT2D eigenvalue weighted by Crippen LogP contribution is -2.26. The van der Waals surface area contributed by atoms with Crippen LogP contribution in [0.4, 0.5) is 5.13 Å².